The number of aryl methyl sites for hydroxylation is 1. The van der Waals surface area contributed by atoms with Crippen LogP contribution in [0.4, 0.5) is 0 Å². The Morgan fingerprint density at radius 2 is 1.76 bits per heavy atom. The van der Waals surface area contributed by atoms with Crippen molar-refractivity contribution in [3.8, 4) is 5.75 Å². The molecule has 2 aromatic carbocycles. The number of benzene rings is 2. The number of ketones is 1. The minimum atomic E-state index is -3.68. The van der Waals surface area contributed by atoms with Gasteiger partial charge in [0, 0.05) is 25.2 Å². The van der Waals surface area contributed by atoms with E-state index in [0.717, 1.165) is 4.31 Å². The molecule has 0 unspecified atom stereocenters. The van der Waals surface area contributed by atoms with Crippen molar-refractivity contribution in [3.63, 3.8) is 0 Å². The molecule has 0 bridgehead atoms. The summed E-state index contributed by atoms with van der Waals surface area (Å²) in [6, 6.07) is 9.26. The predicted molar refractivity (Wildman–Crippen MR) is 109 cm³/mol. The van der Waals surface area contributed by atoms with Gasteiger partial charge >= 0.3 is 5.97 Å². The van der Waals surface area contributed by atoms with Crippen molar-refractivity contribution in [2.45, 2.75) is 32.3 Å². The molecule has 0 aliphatic carbocycles. The Labute approximate surface area is 171 Å². The number of hydrogen-bond acceptors (Lipinski definition) is 6. The quantitative estimate of drug-likeness (QED) is 0.482. The molecule has 7 nitrogen and oxygen atoms in total. The van der Waals surface area contributed by atoms with Crippen molar-refractivity contribution in [2.24, 2.45) is 0 Å². The Kier molecular flexibility index (Phi) is 7.16. The summed E-state index contributed by atoms with van der Waals surface area (Å²) in [7, 11) is -0.836. The second-order valence-corrected chi connectivity index (χ2v) is 8.80. The van der Waals surface area contributed by atoms with E-state index >= 15 is 0 Å². The highest BCUT2D eigenvalue weighted by molar-refractivity contribution is 7.89. The number of hydrogen-bond donors (Lipinski definition) is 0. The van der Waals surface area contributed by atoms with Gasteiger partial charge in [-0.1, -0.05) is 6.07 Å². The van der Waals surface area contributed by atoms with E-state index in [0.29, 0.717) is 29.0 Å². The standard InChI is InChI=1S/C21H25NO6S/c1-6-27-20-10-8-16(15(3)23)11-17(20)13-28-21(24)19-12-18(9-7-14(19)2)29(25,26)22(4)5/h7-12H,6,13H2,1-5H3. The average molecular weight is 419 g/mol. The zero-order valence-corrected chi connectivity index (χ0v) is 18.0. The molecular weight excluding hydrogens is 394 g/mol. The molecule has 0 aromatic heterocycles. The summed E-state index contributed by atoms with van der Waals surface area (Å²) in [5.74, 6) is -0.252. The Balaban J connectivity index is 2.30. The number of Topliss-reactive ketones (excluding diaryl/α,β-unsaturated/α-hetero) is 1. The lowest BCUT2D eigenvalue weighted by atomic mass is 10.1. The molecule has 0 atom stereocenters. The van der Waals surface area contributed by atoms with Gasteiger partial charge in [0.25, 0.3) is 0 Å². The van der Waals surface area contributed by atoms with Crippen molar-refractivity contribution in [1.29, 1.82) is 0 Å². The third kappa shape index (κ3) is 5.21. The van der Waals surface area contributed by atoms with E-state index in [-0.39, 0.29) is 22.8 Å². The van der Waals surface area contributed by atoms with Gasteiger partial charge in [0.15, 0.2) is 5.78 Å². The molecule has 156 valence electrons. The lowest BCUT2D eigenvalue weighted by Crippen LogP contribution is -2.22. The summed E-state index contributed by atoms with van der Waals surface area (Å²) < 4.78 is 36.7. The highest BCUT2D eigenvalue weighted by Crippen LogP contribution is 2.23. The fraction of sp³-hybridized carbons (Fsp3) is 0.333. The van der Waals surface area contributed by atoms with Crippen LogP contribution < -0.4 is 4.74 Å². The maximum absolute atomic E-state index is 12.6. The number of carbonyl (C=O) groups is 2. The largest absolute Gasteiger partial charge is 0.493 e. The second kappa shape index (κ2) is 9.19. The van der Waals surface area contributed by atoms with E-state index in [9.17, 15) is 18.0 Å². The molecule has 0 aliphatic rings. The van der Waals surface area contributed by atoms with Crippen LogP contribution in [0.3, 0.4) is 0 Å². The molecule has 0 N–H and O–H groups in total. The van der Waals surface area contributed by atoms with E-state index in [1.54, 1.807) is 31.2 Å². The van der Waals surface area contributed by atoms with Gasteiger partial charge in [0.1, 0.15) is 12.4 Å². The van der Waals surface area contributed by atoms with Gasteiger partial charge in [-0.05, 0) is 56.7 Å². The first kappa shape index (κ1) is 22.6. The SMILES string of the molecule is CCOc1ccc(C(C)=O)cc1COC(=O)c1cc(S(=O)(=O)N(C)C)ccc1C. The van der Waals surface area contributed by atoms with Gasteiger partial charge in [0.05, 0.1) is 17.1 Å². The number of ether oxygens (including phenoxy) is 2. The van der Waals surface area contributed by atoms with Crippen LogP contribution in [0.1, 0.15) is 45.7 Å². The fourth-order valence-electron chi connectivity index (χ4n) is 2.62. The molecule has 0 saturated carbocycles. The van der Waals surface area contributed by atoms with Gasteiger partial charge in [-0.2, -0.15) is 0 Å². The topological polar surface area (TPSA) is 90.0 Å². The van der Waals surface area contributed by atoms with E-state index in [1.165, 1.54) is 33.2 Å². The third-order valence-corrected chi connectivity index (χ3v) is 6.14. The van der Waals surface area contributed by atoms with Crippen LogP contribution in [0.15, 0.2) is 41.3 Å². The van der Waals surface area contributed by atoms with Crippen LogP contribution >= 0.6 is 0 Å². The fourth-order valence-corrected chi connectivity index (χ4v) is 3.55. The minimum absolute atomic E-state index is 0.00799. The maximum Gasteiger partial charge on any atom is 0.338 e. The number of rotatable bonds is 8. The van der Waals surface area contributed by atoms with Crippen LogP contribution in [0.25, 0.3) is 0 Å². The molecule has 0 spiro atoms. The smallest absolute Gasteiger partial charge is 0.338 e. The summed E-state index contributed by atoms with van der Waals surface area (Å²) in [5.41, 5.74) is 1.79. The molecule has 0 fully saturated rings. The highest BCUT2D eigenvalue weighted by atomic mass is 32.2. The molecule has 0 heterocycles. The van der Waals surface area contributed by atoms with Gasteiger partial charge < -0.3 is 9.47 Å². The molecule has 0 saturated heterocycles. The summed E-state index contributed by atoms with van der Waals surface area (Å²) >= 11 is 0. The van der Waals surface area contributed by atoms with Crippen LogP contribution in [0.5, 0.6) is 5.75 Å². The molecule has 29 heavy (non-hydrogen) atoms. The molecule has 2 aromatic rings. The van der Waals surface area contributed by atoms with Gasteiger partial charge in [-0.15, -0.1) is 0 Å². The molecular formula is C21H25NO6S. The molecule has 0 amide bonds. The van der Waals surface area contributed by atoms with E-state index in [1.807, 2.05) is 6.92 Å². The number of carbonyl (C=O) groups excluding carboxylic acids is 2. The molecule has 0 radical (unpaired) electrons. The Morgan fingerprint density at radius 3 is 2.34 bits per heavy atom. The first-order valence-corrected chi connectivity index (χ1v) is 10.5. The molecule has 8 heteroatoms. The highest BCUT2D eigenvalue weighted by Gasteiger charge is 2.21. The minimum Gasteiger partial charge on any atom is -0.493 e. The van der Waals surface area contributed by atoms with E-state index in [2.05, 4.69) is 0 Å². The van der Waals surface area contributed by atoms with Crippen molar-refractivity contribution >= 4 is 21.8 Å². The molecule has 2 rings (SSSR count). The van der Waals surface area contributed by atoms with Crippen molar-refractivity contribution < 1.29 is 27.5 Å². The summed E-state index contributed by atoms with van der Waals surface area (Å²) in [4.78, 5) is 24.3. The van der Waals surface area contributed by atoms with Crippen LogP contribution in [0, 0.1) is 6.92 Å². The predicted octanol–water partition coefficient (Wildman–Crippen LogP) is 3.20. The monoisotopic (exact) mass is 419 g/mol. The van der Waals surface area contributed by atoms with Crippen LogP contribution in [-0.4, -0.2) is 45.2 Å². The zero-order chi connectivity index (χ0) is 21.8. The number of sulfonamides is 1. The lowest BCUT2D eigenvalue weighted by molar-refractivity contribution is 0.0468. The van der Waals surface area contributed by atoms with Crippen LogP contribution in [-0.2, 0) is 21.4 Å². The third-order valence-electron chi connectivity index (χ3n) is 4.33. The Hall–Kier alpha value is -2.71. The van der Waals surface area contributed by atoms with Crippen molar-refractivity contribution in [3.05, 3.63) is 58.7 Å². The van der Waals surface area contributed by atoms with Gasteiger partial charge in [0.2, 0.25) is 10.0 Å². The maximum atomic E-state index is 12.6. The zero-order valence-electron chi connectivity index (χ0n) is 17.2. The summed E-state index contributed by atoms with van der Waals surface area (Å²) in [6.45, 7) is 5.29. The number of esters is 1. The number of nitrogens with zero attached hydrogens (tertiary/aromatic N) is 1. The first-order chi connectivity index (χ1) is 13.6. The normalized spacial score (nSPS) is 11.4. The van der Waals surface area contributed by atoms with Gasteiger partial charge in [-0.3, -0.25) is 4.79 Å². The first-order valence-electron chi connectivity index (χ1n) is 9.05. The Morgan fingerprint density at radius 1 is 1.07 bits per heavy atom. The summed E-state index contributed by atoms with van der Waals surface area (Å²) in [6.07, 6.45) is 0. The Bertz CT molecular complexity index is 1030. The summed E-state index contributed by atoms with van der Waals surface area (Å²) in [5, 5.41) is 0. The van der Waals surface area contributed by atoms with Crippen LogP contribution in [0.2, 0.25) is 0 Å². The average Bonchev–Trinajstić information content (AvgIpc) is 2.67. The lowest BCUT2D eigenvalue weighted by Gasteiger charge is -2.14. The second-order valence-electron chi connectivity index (χ2n) is 6.65. The molecule has 0 aliphatic heterocycles. The van der Waals surface area contributed by atoms with E-state index in [4.69, 9.17) is 9.47 Å². The van der Waals surface area contributed by atoms with Gasteiger partial charge in [-0.25, -0.2) is 17.5 Å². The van der Waals surface area contributed by atoms with E-state index < -0.39 is 16.0 Å². The van der Waals surface area contributed by atoms with Crippen molar-refractivity contribution in [2.75, 3.05) is 20.7 Å². The van der Waals surface area contributed by atoms with Crippen molar-refractivity contribution in [1.82, 2.24) is 4.31 Å².